The molecule has 7 heteroatoms. The summed E-state index contributed by atoms with van der Waals surface area (Å²) in [6.45, 7) is 0.994. The molecule has 1 aromatic heterocycles. The van der Waals surface area contributed by atoms with Crippen LogP contribution in [0.25, 0.3) is 16.7 Å². The molecule has 0 bridgehead atoms. The van der Waals surface area contributed by atoms with Crippen molar-refractivity contribution in [3.05, 3.63) is 108 Å². The van der Waals surface area contributed by atoms with Crippen LogP contribution >= 0.6 is 0 Å². The Morgan fingerprint density at radius 1 is 0.919 bits per heavy atom. The molecule has 4 aromatic rings. The van der Waals surface area contributed by atoms with E-state index >= 15 is 0 Å². The number of ether oxygens (including phenoxy) is 2. The molecule has 188 valence electrons. The summed E-state index contributed by atoms with van der Waals surface area (Å²) in [5, 5.41) is 0. The number of para-hydroxylation sites is 1. The predicted molar refractivity (Wildman–Crippen MR) is 147 cm³/mol. The number of carbonyl (C=O) groups excluding carboxylic acids is 1. The minimum Gasteiger partial charge on any atom is -0.489 e. The number of aromatic nitrogens is 1. The van der Waals surface area contributed by atoms with E-state index in [1.807, 2.05) is 97.9 Å². The van der Waals surface area contributed by atoms with E-state index in [-0.39, 0.29) is 0 Å². The summed E-state index contributed by atoms with van der Waals surface area (Å²) in [4.78, 5) is 18.0. The topological polar surface area (TPSA) is 104 Å². The molecule has 0 radical (unpaired) electrons. The number of likely N-dealkylation sites (N-methyl/N-ethyl adjacent to an activating group) is 1. The lowest BCUT2D eigenvalue weighted by molar-refractivity contribution is -0.113. The van der Waals surface area contributed by atoms with E-state index < -0.39 is 5.91 Å². The first-order valence-electron chi connectivity index (χ1n) is 11.8. The van der Waals surface area contributed by atoms with Gasteiger partial charge in [0.1, 0.15) is 29.7 Å². The highest BCUT2D eigenvalue weighted by atomic mass is 16.5. The van der Waals surface area contributed by atoms with Gasteiger partial charge in [-0.1, -0.05) is 60.7 Å². The lowest BCUT2D eigenvalue weighted by Crippen LogP contribution is -2.17. The minimum atomic E-state index is -0.518. The highest BCUT2D eigenvalue weighted by Gasteiger charge is 2.16. The van der Waals surface area contributed by atoms with Gasteiger partial charge in [-0.25, -0.2) is 4.98 Å². The van der Waals surface area contributed by atoms with E-state index in [9.17, 15) is 4.79 Å². The Labute approximate surface area is 217 Å². The van der Waals surface area contributed by atoms with Gasteiger partial charge < -0.3 is 25.8 Å². The van der Waals surface area contributed by atoms with Gasteiger partial charge in [0.05, 0.1) is 5.56 Å². The second-order valence-corrected chi connectivity index (χ2v) is 8.78. The molecule has 0 spiro atoms. The standard InChI is InChI=1S/C30H30N4O3/c1-34(2)19-23(18-28(31)35)25-10-6-7-11-26(25)37-27-16-17-33-30(32)29(27)22-12-14-24(15-13-22)36-20-21-8-4-3-5-9-21/h3-18H,19-20H2,1-2H3,(H2,31,35)(H2,32,33). The van der Waals surface area contributed by atoms with E-state index in [0.29, 0.717) is 36.0 Å². The van der Waals surface area contributed by atoms with E-state index in [4.69, 9.17) is 20.9 Å². The lowest BCUT2D eigenvalue weighted by Gasteiger charge is -2.19. The van der Waals surface area contributed by atoms with Crippen LogP contribution in [-0.2, 0) is 11.4 Å². The first-order valence-corrected chi connectivity index (χ1v) is 11.8. The van der Waals surface area contributed by atoms with Crippen LogP contribution in [0.1, 0.15) is 11.1 Å². The molecule has 1 amide bonds. The number of pyridine rings is 1. The predicted octanol–water partition coefficient (Wildman–Crippen LogP) is 5.13. The summed E-state index contributed by atoms with van der Waals surface area (Å²) < 4.78 is 12.3. The first kappa shape index (κ1) is 25.5. The van der Waals surface area contributed by atoms with Gasteiger partial charge in [-0.3, -0.25) is 4.79 Å². The van der Waals surface area contributed by atoms with E-state index in [0.717, 1.165) is 28.0 Å². The van der Waals surface area contributed by atoms with Crippen LogP contribution in [0.3, 0.4) is 0 Å². The van der Waals surface area contributed by atoms with Crippen molar-refractivity contribution in [3.63, 3.8) is 0 Å². The van der Waals surface area contributed by atoms with Crippen molar-refractivity contribution in [2.75, 3.05) is 26.4 Å². The van der Waals surface area contributed by atoms with Crippen molar-refractivity contribution in [2.45, 2.75) is 6.61 Å². The SMILES string of the molecule is CN(C)CC(=CC(N)=O)c1ccccc1Oc1ccnc(N)c1-c1ccc(OCc2ccccc2)cc1. The van der Waals surface area contributed by atoms with E-state index in [1.165, 1.54) is 6.08 Å². The van der Waals surface area contributed by atoms with Crippen molar-refractivity contribution in [2.24, 2.45) is 5.73 Å². The van der Waals surface area contributed by atoms with Crippen molar-refractivity contribution >= 4 is 17.3 Å². The molecular weight excluding hydrogens is 464 g/mol. The van der Waals surface area contributed by atoms with Gasteiger partial charge in [0.25, 0.3) is 0 Å². The molecule has 0 saturated heterocycles. The fraction of sp³-hybridized carbons (Fsp3) is 0.133. The molecule has 0 saturated carbocycles. The molecule has 37 heavy (non-hydrogen) atoms. The largest absolute Gasteiger partial charge is 0.489 e. The maximum absolute atomic E-state index is 11.7. The maximum atomic E-state index is 11.7. The molecule has 3 aromatic carbocycles. The number of nitrogen functional groups attached to an aromatic ring is 1. The molecule has 4 N–H and O–H groups in total. The Kier molecular flexibility index (Phi) is 8.18. The zero-order valence-corrected chi connectivity index (χ0v) is 20.9. The first-order chi connectivity index (χ1) is 17.9. The van der Waals surface area contributed by atoms with Crippen LogP contribution in [0, 0.1) is 0 Å². The van der Waals surface area contributed by atoms with Crippen molar-refractivity contribution in [1.29, 1.82) is 0 Å². The quantitative estimate of drug-likeness (QED) is 0.296. The average Bonchev–Trinajstić information content (AvgIpc) is 2.88. The van der Waals surface area contributed by atoms with E-state index in [2.05, 4.69) is 4.98 Å². The molecule has 0 unspecified atom stereocenters. The third-order valence-electron chi connectivity index (χ3n) is 5.59. The summed E-state index contributed by atoms with van der Waals surface area (Å²) in [6.07, 6.45) is 3.03. The van der Waals surface area contributed by atoms with Gasteiger partial charge in [0.15, 0.2) is 0 Å². The number of anilines is 1. The highest BCUT2D eigenvalue weighted by Crippen LogP contribution is 2.39. The molecule has 4 rings (SSSR count). The van der Waals surface area contributed by atoms with Crippen molar-refractivity contribution in [3.8, 4) is 28.4 Å². The monoisotopic (exact) mass is 494 g/mol. The summed E-state index contributed by atoms with van der Waals surface area (Å²) in [6, 6.07) is 26.9. The normalized spacial score (nSPS) is 11.4. The zero-order valence-electron chi connectivity index (χ0n) is 20.9. The Bertz CT molecular complexity index is 1380. The summed E-state index contributed by atoms with van der Waals surface area (Å²) >= 11 is 0. The van der Waals surface area contributed by atoms with Gasteiger partial charge in [0, 0.05) is 24.4 Å². The maximum Gasteiger partial charge on any atom is 0.241 e. The Morgan fingerprint density at radius 2 is 1.62 bits per heavy atom. The number of amides is 1. The average molecular weight is 495 g/mol. The number of rotatable bonds is 10. The third-order valence-corrected chi connectivity index (χ3v) is 5.59. The minimum absolute atomic E-state index is 0.342. The summed E-state index contributed by atoms with van der Waals surface area (Å²) in [5.41, 5.74) is 15.9. The fourth-order valence-electron chi connectivity index (χ4n) is 3.95. The number of hydrogen-bond donors (Lipinski definition) is 2. The molecule has 0 aliphatic heterocycles. The third kappa shape index (κ3) is 6.74. The Hall–Kier alpha value is -4.62. The van der Waals surface area contributed by atoms with Crippen molar-refractivity contribution < 1.29 is 14.3 Å². The number of hydrogen-bond acceptors (Lipinski definition) is 6. The molecular formula is C30H30N4O3. The smallest absolute Gasteiger partial charge is 0.241 e. The van der Waals surface area contributed by atoms with Crippen LogP contribution in [-0.4, -0.2) is 36.4 Å². The van der Waals surface area contributed by atoms with Crippen LogP contribution in [0.2, 0.25) is 0 Å². The van der Waals surface area contributed by atoms with Gasteiger partial charge in [-0.05, 0) is 55.1 Å². The fourth-order valence-corrected chi connectivity index (χ4v) is 3.95. The number of nitrogens with zero attached hydrogens (tertiary/aromatic N) is 2. The molecule has 7 nitrogen and oxygen atoms in total. The Balaban J connectivity index is 1.63. The second-order valence-electron chi connectivity index (χ2n) is 8.78. The van der Waals surface area contributed by atoms with Crippen LogP contribution < -0.4 is 20.9 Å². The number of carbonyl (C=O) groups is 1. The molecule has 0 aliphatic rings. The number of primary amides is 1. The van der Waals surface area contributed by atoms with Gasteiger partial charge in [0.2, 0.25) is 5.91 Å². The number of nitrogens with two attached hydrogens (primary N) is 2. The molecule has 1 heterocycles. The number of benzene rings is 3. The molecule has 0 fully saturated rings. The van der Waals surface area contributed by atoms with Crippen LogP contribution in [0.5, 0.6) is 17.2 Å². The Morgan fingerprint density at radius 3 is 2.32 bits per heavy atom. The summed E-state index contributed by atoms with van der Waals surface area (Å²) in [7, 11) is 3.85. The molecule has 0 atom stereocenters. The van der Waals surface area contributed by atoms with Crippen LogP contribution in [0.15, 0.2) is 97.2 Å². The second kappa shape index (κ2) is 11.9. The van der Waals surface area contributed by atoms with Gasteiger partial charge in [-0.15, -0.1) is 0 Å². The van der Waals surface area contributed by atoms with Crippen LogP contribution in [0.4, 0.5) is 5.82 Å². The lowest BCUT2D eigenvalue weighted by atomic mass is 10.0. The van der Waals surface area contributed by atoms with Gasteiger partial charge in [-0.2, -0.15) is 0 Å². The van der Waals surface area contributed by atoms with Crippen molar-refractivity contribution in [1.82, 2.24) is 9.88 Å². The summed E-state index contributed by atoms with van der Waals surface area (Å²) in [5.74, 6) is 1.68. The zero-order chi connectivity index (χ0) is 26.2. The van der Waals surface area contributed by atoms with E-state index in [1.54, 1.807) is 12.3 Å². The molecule has 0 aliphatic carbocycles. The van der Waals surface area contributed by atoms with Gasteiger partial charge >= 0.3 is 0 Å². The highest BCUT2D eigenvalue weighted by molar-refractivity contribution is 5.95.